The lowest BCUT2D eigenvalue weighted by molar-refractivity contribution is 0.117. The van der Waals surface area contributed by atoms with Crippen molar-refractivity contribution in [3.63, 3.8) is 0 Å². The molecule has 0 amide bonds. The van der Waals surface area contributed by atoms with Gasteiger partial charge in [0, 0.05) is 35.6 Å². The summed E-state index contributed by atoms with van der Waals surface area (Å²) in [6.07, 6.45) is 3.46. The number of aryl methyl sites for hydroxylation is 1. The Morgan fingerprint density at radius 1 is 1.00 bits per heavy atom. The van der Waals surface area contributed by atoms with Gasteiger partial charge < -0.3 is 19.6 Å². The fourth-order valence-electron chi connectivity index (χ4n) is 5.96. The fraction of sp³-hybridized carbons (Fsp3) is 0.355. The van der Waals surface area contributed by atoms with Crippen molar-refractivity contribution < 1.29 is 4.42 Å². The molecule has 0 saturated carbocycles. The standard InChI is InChI=1S/C31H33N3O3/c1-19-10-11-24-22(16-19)33-28-25(37-24)17-23(32-13-7-15-34-14-6-12-31(2,3)18-34)26-27(28)30(36)21-9-5-4-8-20(21)29(26)35/h4-5,8-11,16-17,32-33H,6-7,12-15,18H2,1-3H3. The highest BCUT2D eigenvalue weighted by molar-refractivity contribution is 6.14. The van der Waals surface area contributed by atoms with Gasteiger partial charge in [-0.1, -0.05) is 44.2 Å². The van der Waals surface area contributed by atoms with Crippen LogP contribution in [0.1, 0.15) is 38.7 Å². The van der Waals surface area contributed by atoms with Crippen LogP contribution in [0, 0.1) is 12.3 Å². The third-order valence-corrected chi connectivity index (χ3v) is 7.72. The first kappa shape index (κ1) is 23.7. The monoisotopic (exact) mass is 495 g/mol. The summed E-state index contributed by atoms with van der Waals surface area (Å²) in [5.41, 5.74) is 4.40. The molecule has 1 aliphatic rings. The molecule has 4 aromatic carbocycles. The highest BCUT2D eigenvalue weighted by Crippen LogP contribution is 2.32. The molecule has 5 aromatic rings. The molecule has 6 heteroatoms. The molecule has 0 spiro atoms. The van der Waals surface area contributed by atoms with Gasteiger partial charge >= 0.3 is 0 Å². The third-order valence-electron chi connectivity index (χ3n) is 7.72. The summed E-state index contributed by atoms with van der Waals surface area (Å²) in [6, 6.07) is 14.9. The maximum absolute atomic E-state index is 13.8. The fourth-order valence-corrected chi connectivity index (χ4v) is 5.96. The number of aromatic amines is 1. The van der Waals surface area contributed by atoms with E-state index in [4.69, 9.17) is 4.42 Å². The number of aromatic nitrogens is 1. The van der Waals surface area contributed by atoms with Gasteiger partial charge in [0.15, 0.2) is 22.0 Å². The Labute approximate surface area is 215 Å². The van der Waals surface area contributed by atoms with Crippen LogP contribution in [0.4, 0.5) is 5.69 Å². The molecular weight excluding hydrogens is 462 g/mol. The molecular formula is C31H33N3O3. The zero-order valence-corrected chi connectivity index (χ0v) is 21.7. The van der Waals surface area contributed by atoms with Gasteiger partial charge in [0.1, 0.15) is 0 Å². The molecule has 0 radical (unpaired) electrons. The second-order valence-corrected chi connectivity index (χ2v) is 11.3. The molecule has 0 aliphatic carbocycles. The number of piperidine rings is 1. The molecule has 6 nitrogen and oxygen atoms in total. The SMILES string of the molecule is Cc1ccc2oc3cc(NCCCN4CCCC(C)(C)C4)c4c(=O)c5ccccc5c(=O)c4c3[nH]c2c1. The predicted octanol–water partition coefficient (Wildman–Crippen LogP) is 6.17. The second-order valence-electron chi connectivity index (χ2n) is 11.3. The van der Waals surface area contributed by atoms with Crippen LogP contribution in [0.3, 0.4) is 0 Å². The Kier molecular flexibility index (Phi) is 5.80. The lowest BCUT2D eigenvalue weighted by Gasteiger charge is -2.38. The van der Waals surface area contributed by atoms with E-state index in [1.165, 1.54) is 12.8 Å². The van der Waals surface area contributed by atoms with Crippen LogP contribution in [-0.2, 0) is 0 Å². The number of rotatable bonds is 5. The van der Waals surface area contributed by atoms with Crippen molar-refractivity contribution in [3.8, 4) is 0 Å². The van der Waals surface area contributed by atoms with Crippen molar-refractivity contribution >= 4 is 49.4 Å². The van der Waals surface area contributed by atoms with Gasteiger partial charge in [0.25, 0.3) is 0 Å². The summed E-state index contributed by atoms with van der Waals surface area (Å²) in [5.74, 6) is 0. The topological polar surface area (TPSA) is 78.3 Å². The molecule has 2 N–H and O–H groups in total. The zero-order valence-electron chi connectivity index (χ0n) is 21.7. The second kappa shape index (κ2) is 9.03. The van der Waals surface area contributed by atoms with Gasteiger partial charge in [-0.25, -0.2) is 0 Å². The van der Waals surface area contributed by atoms with E-state index >= 15 is 0 Å². The minimum Gasteiger partial charge on any atom is -0.453 e. The molecule has 6 rings (SSSR count). The van der Waals surface area contributed by atoms with Crippen LogP contribution in [0.15, 0.2) is 62.5 Å². The van der Waals surface area contributed by atoms with Crippen LogP contribution in [0.25, 0.3) is 43.7 Å². The summed E-state index contributed by atoms with van der Waals surface area (Å²) in [4.78, 5) is 33.5. The summed E-state index contributed by atoms with van der Waals surface area (Å²) in [7, 11) is 0. The summed E-state index contributed by atoms with van der Waals surface area (Å²) in [6.45, 7) is 10.6. The normalized spacial score (nSPS) is 16.2. The van der Waals surface area contributed by atoms with Crippen molar-refractivity contribution in [1.29, 1.82) is 0 Å². The van der Waals surface area contributed by atoms with E-state index in [-0.39, 0.29) is 10.9 Å². The quantitative estimate of drug-likeness (QED) is 0.173. The summed E-state index contributed by atoms with van der Waals surface area (Å²) in [5, 5.41) is 5.18. The Morgan fingerprint density at radius 2 is 1.76 bits per heavy atom. The first-order valence-electron chi connectivity index (χ1n) is 13.2. The number of hydrogen-bond donors (Lipinski definition) is 2. The van der Waals surface area contributed by atoms with Gasteiger partial charge in [0.05, 0.1) is 21.8 Å². The minimum absolute atomic E-state index is 0.134. The van der Waals surface area contributed by atoms with E-state index in [0.29, 0.717) is 55.9 Å². The van der Waals surface area contributed by atoms with Crippen molar-refractivity contribution in [2.45, 2.75) is 40.0 Å². The maximum Gasteiger partial charge on any atom is 0.196 e. The maximum atomic E-state index is 13.8. The van der Waals surface area contributed by atoms with Crippen molar-refractivity contribution in [2.75, 3.05) is 31.5 Å². The van der Waals surface area contributed by atoms with Gasteiger partial charge in [-0.2, -0.15) is 0 Å². The first-order valence-corrected chi connectivity index (χ1v) is 13.2. The molecule has 1 saturated heterocycles. The van der Waals surface area contributed by atoms with Crippen LogP contribution in [0.2, 0.25) is 0 Å². The molecule has 0 bridgehead atoms. The molecule has 2 heterocycles. The van der Waals surface area contributed by atoms with E-state index in [2.05, 4.69) is 29.0 Å². The number of nitrogens with one attached hydrogen (secondary N) is 2. The summed E-state index contributed by atoms with van der Waals surface area (Å²) >= 11 is 0. The lowest BCUT2D eigenvalue weighted by atomic mass is 9.84. The van der Waals surface area contributed by atoms with Crippen molar-refractivity contribution in [3.05, 3.63) is 74.5 Å². The summed E-state index contributed by atoms with van der Waals surface area (Å²) < 4.78 is 6.26. The van der Waals surface area contributed by atoms with E-state index in [9.17, 15) is 9.59 Å². The van der Waals surface area contributed by atoms with Gasteiger partial charge in [0.2, 0.25) is 0 Å². The molecule has 0 unspecified atom stereocenters. The Balaban J connectivity index is 1.46. The number of benzene rings is 4. The Morgan fingerprint density at radius 3 is 2.51 bits per heavy atom. The minimum atomic E-state index is -0.159. The van der Waals surface area contributed by atoms with Crippen LogP contribution >= 0.6 is 0 Å². The Hall–Kier alpha value is -3.64. The number of anilines is 1. The van der Waals surface area contributed by atoms with E-state index in [1.54, 1.807) is 24.3 Å². The van der Waals surface area contributed by atoms with Crippen LogP contribution in [-0.4, -0.2) is 36.1 Å². The van der Waals surface area contributed by atoms with Crippen molar-refractivity contribution in [1.82, 2.24) is 9.88 Å². The number of hydrogen-bond acceptors (Lipinski definition) is 5. The lowest BCUT2D eigenvalue weighted by Crippen LogP contribution is -2.40. The molecule has 190 valence electrons. The van der Waals surface area contributed by atoms with Gasteiger partial charge in [-0.15, -0.1) is 0 Å². The number of H-pyrrole nitrogens is 1. The average Bonchev–Trinajstić information content (AvgIpc) is 2.87. The average molecular weight is 496 g/mol. The smallest absolute Gasteiger partial charge is 0.196 e. The molecule has 1 aliphatic heterocycles. The third kappa shape index (κ3) is 4.29. The highest BCUT2D eigenvalue weighted by atomic mass is 16.3. The van der Waals surface area contributed by atoms with Gasteiger partial charge in [-0.3, -0.25) is 9.59 Å². The van der Waals surface area contributed by atoms with Crippen LogP contribution < -0.4 is 16.2 Å². The predicted molar refractivity (Wildman–Crippen MR) is 153 cm³/mol. The highest BCUT2D eigenvalue weighted by Gasteiger charge is 2.26. The number of nitrogens with zero attached hydrogens (tertiary/aromatic N) is 1. The molecule has 37 heavy (non-hydrogen) atoms. The van der Waals surface area contributed by atoms with Crippen molar-refractivity contribution in [2.24, 2.45) is 5.41 Å². The number of likely N-dealkylation sites (tertiary alicyclic amines) is 1. The van der Waals surface area contributed by atoms with Gasteiger partial charge in [-0.05, 0) is 62.4 Å². The van der Waals surface area contributed by atoms with Crippen LogP contribution in [0.5, 0.6) is 0 Å². The van der Waals surface area contributed by atoms with E-state index in [0.717, 1.165) is 37.1 Å². The zero-order chi connectivity index (χ0) is 25.7. The first-order chi connectivity index (χ1) is 17.8. The number of fused-ring (bicyclic) bond motifs is 5. The largest absolute Gasteiger partial charge is 0.453 e. The molecule has 0 atom stereocenters. The Bertz CT molecular complexity index is 1780. The molecule has 1 aromatic heterocycles. The molecule has 1 fully saturated rings. The van der Waals surface area contributed by atoms with E-state index in [1.807, 2.05) is 31.2 Å². The van der Waals surface area contributed by atoms with E-state index < -0.39 is 0 Å².